The predicted octanol–water partition coefficient (Wildman–Crippen LogP) is 2.99. The molecule has 2 nitrogen and oxygen atoms in total. The first kappa shape index (κ1) is 10.2. The molecule has 1 heterocycles. The summed E-state index contributed by atoms with van der Waals surface area (Å²) in [4.78, 5) is 4.96. The maximum Gasteiger partial charge on any atom is 0.122 e. The summed E-state index contributed by atoms with van der Waals surface area (Å²) >= 11 is 4.80. The Morgan fingerprint density at radius 1 is 1.75 bits per heavy atom. The van der Waals surface area contributed by atoms with Crippen LogP contribution >= 0.6 is 27.3 Å². The summed E-state index contributed by atoms with van der Waals surface area (Å²) in [7, 11) is 0. The molecule has 2 unspecified atom stereocenters. The van der Waals surface area contributed by atoms with E-state index in [9.17, 15) is 5.11 Å². The summed E-state index contributed by atoms with van der Waals surface area (Å²) in [5.41, 5.74) is 1.74. The highest BCUT2D eigenvalue weighted by molar-refractivity contribution is 9.10. The molecule has 0 spiro atoms. The number of thiazole rings is 1. The number of hydrogen-bond donors (Lipinski definition) is 1. The lowest BCUT2D eigenvalue weighted by molar-refractivity contribution is 0.118. The van der Waals surface area contributed by atoms with Crippen LogP contribution in [0, 0.1) is 5.92 Å². The second-order valence-corrected chi connectivity index (χ2v) is 4.48. The van der Waals surface area contributed by atoms with Gasteiger partial charge in [0.1, 0.15) is 4.60 Å². The van der Waals surface area contributed by atoms with Gasteiger partial charge in [0.25, 0.3) is 0 Å². The van der Waals surface area contributed by atoms with E-state index in [1.165, 1.54) is 11.3 Å². The monoisotopic (exact) mass is 249 g/mol. The number of rotatable bonds is 3. The Hall–Kier alpha value is 0.0700. The molecular weight excluding hydrogens is 238 g/mol. The lowest BCUT2D eigenvalue weighted by atomic mass is 10.0. The van der Waals surface area contributed by atoms with Gasteiger partial charge < -0.3 is 5.11 Å². The number of aromatic nitrogens is 1. The van der Waals surface area contributed by atoms with Crippen LogP contribution in [0.4, 0.5) is 0 Å². The van der Waals surface area contributed by atoms with E-state index in [4.69, 9.17) is 0 Å². The lowest BCUT2D eigenvalue weighted by Gasteiger charge is -2.15. The summed E-state index contributed by atoms with van der Waals surface area (Å²) in [6.45, 7) is 4.11. The van der Waals surface area contributed by atoms with Crippen molar-refractivity contribution in [2.75, 3.05) is 0 Å². The average molecular weight is 250 g/mol. The standard InChI is InChI=1S/C8H12BrNOS/c1-3-5(2)6(11)7-8(9)10-4-12-7/h4-6,11H,3H2,1-2H3. The molecule has 0 aliphatic rings. The molecule has 1 N–H and O–H groups in total. The van der Waals surface area contributed by atoms with Crippen LogP contribution in [-0.4, -0.2) is 10.1 Å². The van der Waals surface area contributed by atoms with E-state index < -0.39 is 0 Å². The largest absolute Gasteiger partial charge is 0.387 e. The summed E-state index contributed by atoms with van der Waals surface area (Å²) < 4.78 is 0.778. The van der Waals surface area contributed by atoms with E-state index in [0.717, 1.165) is 15.9 Å². The van der Waals surface area contributed by atoms with Gasteiger partial charge in [-0.15, -0.1) is 11.3 Å². The Bertz CT molecular complexity index is 251. The molecule has 0 saturated carbocycles. The van der Waals surface area contributed by atoms with Crippen molar-refractivity contribution in [2.45, 2.75) is 26.4 Å². The number of aliphatic hydroxyl groups excluding tert-OH is 1. The van der Waals surface area contributed by atoms with Crippen molar-refractivity contribution in [3.8, 4) is 0 Å². The molecule has 0 amide bonds. The molecule has 0 radical (unpaired) electrons. The molecule has 1 aromatic rings. The third-order valence-electron chi connectivity index (χ3n) is 2.00. The van der Waals surface area contributed by atoms with Gasteiger partial charge in [-0.3, -0.25) is 0 Å². The predicted molar refractivity (Wildman–Crippen MR) is 54.2 cm³/mol. The minimum absolute atomic E-state index is 0.293. The second-order valence-electron chi connectivity index (χ2n) is 2.84. The van der Waals surface area contributed by atoms with Gasteiger partial charge in [0.2, 0.25) is 0 Å². The van der Waals surface area contributed by atoms with Crippen molar-refractivity contribution < 1.29 is 5.11 Å². The van der Waals surface area contributed by atoms with Crippen LogP contribution in [-0.2, 0) is 0 Å². The van der Waals surface area contributed by atoms with Crippen LogP contribution < -0.4 is 0 Å². The van der Waals surface area contributed by atoms with Crippen molar-refractivity contribution in [2.24, 2.45) is 5.92 Å². The molecule has 0 saturated heterocycles. The highest BCUT2D eigenvalue weighted by Gasteiger charge is 2.18. The number of nitrogens with zero attached hydrogens (tertiary/aromatic N) is 1. The van der Waals surface area contributed by atoms with Crippen molar-refractivity contribution in [1.82, 2.24) is 4.98 Å². The molecule has 68 valence electrons. The highest BCUT2D eigenvalue weighted by Crippen LogP contribution is 2.32. The minimum atomic E-state index is -0.378. The Kier molecular flexibility index (Phi) is 3.68. The second kappa shape index (κ2) is 4.35. The molecule has 12 heavy (non-hydrogen) atoms. The van der Waals surface area contributed by atoms with Crippen LogP contribution in [0.5, 0.6) is 0 Å². The van der Waals surface area contributed by atoms with E-state index in [0.29, 0.717) is 5.92 Å². The Balaban J connectivity index is 2.77. The maximum absolute atomic E-state index is 9.80. The van der Waals surface area contributed by atoms with Crippen LogP contribution in [0.25, 0.3) is 0 Å². The van der Waals surface area contributed by atoms with Crippen LogP contribution in [0.15, 0.2) is 10.1 Å². The first-order valence-corrected chi connectivity index (χ1v) is 5.61. The molecule has 0 fully saturated rings. The van der Waals surface area contributed by atoms with E-state index in [-0.39, 0.29) is 6.10 Å². The van der Waals surface area contributed by atoms with Crippen molar-refractivity contribution >= 4 is 27.3 Å². The highest BCUT2D eigenvalue weighted by atomic mass is 79.9. The van der Waals surface area contributed by atoms with E-state index >= 15 is 0 Å². The summed E-state index contributed by atoms with van der Waals surface area (Å²) in [6.07, 6.45) is 0.600. The minimum Gasteiger partial charge on any atom is -0.387 e. The normalized spacial score (nSPS) is 16.0. The number of aliphatic hydroxyl groups is 1. The van der Waals surface area contributed by atoms with E-state index in [2.05, 4.69) is 27.8 Å². The molecule has 1 rings (SSSR count). The first-order chi connectivity index (χ1) is 5.66. The van der Waals surface area contributed by atoms with Gasteiger partial charge in [-0.25, -0.2) is 4.98 Å². The smallest absolute Gasteiger partial charge is 0.122 e. The fraction of sp³-hybridized carbons (Fsp3) is 0.625. The molecule has 0 aliphatic carbocycles. The van der Waals surface area contributed by atoms with Crippen molar-refractivity contribution in [3.05, 3.63) is 15.0 Å². The van der Waals surface area contributed by atoms with Gasteiger partial charge >= 0.3 is 0 Å². The third kappa shape index (κ3) is 2.06. The van der Waals surface area contributed by atoms with Crippen molar-refractivity contribution in [1.29, 1.82) is 0 Å². The van der Waals surface area contributed by atoms with Gasteiger partial charge in [0.05, 0.1) is 16.5 Å². The molecule has 1 aromatic heterocycles. The third-order valence-corrected chi connectivity index (χ3v) is 3.79. The summed E-state index contributed by atoms with van der Waals surface area (Å²) in [5, 5.41) is 9.80. The Morgan fingerprint density at radius 2 is 2.42 bits per heavy atom. The Morgan fingerprint density at radius 3 is 2.83 bits per heavy atom. The summed E-state index contributed by atoms with van der Waals surface area (Å²) in [5.74, 6) is 0.293. The number of hydrogen-bond acceptors (Lipinski definition) is 3. The van der Waals surface area contributed by atoms with Gasteiger partial charge in [0, 0.05) is 0 Å². The molecule has 0 aromatic carbocycles. The average Bonchev–Trinajstić information content (AvgIpc) is 2.48. The van der Waals surface area contributed by atoms with Gasteiger partial charge in [-0.05, 0) is 21.8 Å². The van der Waals surface area contributed by atoms with Crippen LogP contribution in [0.1, 0.15) is 31.2 Å². The molecule has 0 bridgehead atoms. The topological polar surface area (TPSA) is 33.1 Å². The zero-order chi connectivity index (χ0) is 9.14. The molecule has 2 atom stereocenters. The SMILES string of the molecule is CCC(C)C(O)c1scnc1Br. The van der Waals surface area contributed by atoms with Crippen molar-refractivity contribution in [3.63, 3.8) is 0 Å². The van der Waals surface area contributed by atoms with Gasteiger partial charge in [-0.2, -0.15) is 0 Å². The fourth-order valence-corrected chi connectivity index (χ4v) is 2.46. The van der Waals surface area contributed by atoms with E-state index in [1.54, 1.807) is 5.51 Å². The first-order valence-electron chi connectivity index (χ1n) is 3.93. The fourth-order valence-electron chi connectivity index (χ4n) is 0.915. The quantitative estimate of drug-likeness (QED) is 0.894. The molecule has 0 aliphatic heterocycles. The van der Waals surface area contributed by atoms with Crippen LogP contribution in [0.2, 0.25) is 0 Å². The van der Waals surface area contributed by atoms with Gasteiger partial charge in [-0.1, -0.05) is 20.3 Å². The molecule has 4 heteroatoms. The summed E-state index contributed by atoms with van der Waals surface area (Å²) in [6, 6.07) is 0. The van der Waals surface area contributed by atoms with Gasteiger partial charge in [0.15, 0.2) is 0 Å². The number of halogens is 1. The molecular formula is C8H12BrNOS. The van der Waals surface area contributed by atoms with Crippen LogP contribution in [0.3, 0.4) is 0 Å². The zero-order valence-corrected chi connectivity index (χ0v) is 9.52. The Labute approximate surface area is 84.8 Å². The lowest BCUT2D eigenvalue weighted by Crippen LogP contribution is -2.06. The maximum atomic E-state index is 9.80. The van der Waals surface area contributed by atoms with E-state index in [1.807, 2.05) is 6.92 Å². The zero-order valence-electron chi connectivity index (χ0n) is 7.12.